The molecule has 2 atom stereocenters. The zero-order chi connectivity index (χ0) is 35.3. The molecule has 0 aromatic heterocycles. The Kier molecular flexibility index (Phi) is 14.9. The van der Waals surface area contributed by atoms with Crippen LogP contribution < -0.4 is 10.6 Å². The van der Waals surface area contributed by atoms with E-state index in [0.717, 1.165) is 38.4 Å². The third-order valence-corrected chi connectivity index (χ3v) is 9.47. The van der Waals surface area contributed by atoms with Crippen LogP contribution in [-0.2, 0) is 14.3 Å². The van der Waals surface area contributed by atoms with Crippen molar-refractivity contribution < 1.29 is 29.0 Å². The molecule has 3 radical (unpaired) electrons. The molecular formula is C42H48BN2O6. The second-order valence-electron chi connectivity index (χ2n) is 12.8. The van der Waals surface area contributed by atoms with Gasteiger partial charge in [-0.05, 0) is 57.3 Å². The van der Waals surface area contributed by atoms with Crippen molar-refractivity contribution in [2.24, 2.45) is 0 Å². The standard InChI is InChI=1S/C21H25NO3.C21H23NO3.B/c2*1-2-3-8-15(13-23)22-21(24)25-14-20-18-11-6-4-9-16(18)17-10-5-7-12-19(17)20;/h4-7,9-12,15,20,23H,2-3,8,13-14H2,1H3,(H,22,24);4-7,9-13,15,20H,2-3,8,14H2,1H3,(H,22,24);/t2*15-;/m00./s1. The molecule has 265 valence electrons. The largest absolute Gasteiger partial charge is 0.449 e. The van der Waals surface area contributed by atoms with Crippen LogP contribution in [0.3, 0.4) is 0 Å². The smallest absolute Gasteiger partial charge is 0.407 e. The van der Waals surface area contributed by atoms with Crippen molar-refractivity contribution in [2.45, 2.75) is 76.3 Å². The Hall–Kier alpha value is -4.89. The number of amides is 2. The molecule has 3 N–H and O–H groups in total. The van der Waals surface area contributed by atoms with Crippen molar-refractivity contribution in [3.05, 3.63) is 119 Å². The average Bonchev–Trinajstić information content (AvgIpc) is 3.65. The van der Waals surface area contributed by atoms with E-state index in [-0.39, 0.29) is 39.5 Å². The van der Waals surface area contributed by atoms with Crippen molar-refractivity contribution in [1.29, 1.82) is 0 Å². The number of carbonyl (C=O) groups is 3. The van der Waals surface area contributed by atoms with Crippen LogP contribution in [0, 0.1) is 0 Å². The molecular weight excluding hydrogens is 639 g/mol. The topological polar surface area (TPSA) is 114 Å². The lowest BCUT2D eigenvalue weighted by Gasteiger charge is -2.18. The highest BCUT2D eigenvalue weighted by molar-refractivity contribution is 5.80. The molecule has 6 rings (SSSR count). The van der Waals surface area contributed by atoms with Gasteiger partial charge in [-0.2, -0.15) is 0 Å². The number of hydrogen-bond acceptors (Lipinski definition) is 6. The lowest BCUT2D eigenvalue weighted by atomic mass is 9.98. The van der Waals surface area contributed by atoms with Gasteiger partial charge in [-0.1, -0.05) is 137 Å². The molecule has 0 heterocycles. The Bertz CT molecular complexity index is 1650. The van der Waals surface area contributed by atoms with Gasteiger partial charge < -0.3 is 30.0 Å². The van der Waals surface area contributed by atoms with E-state index in [0.29, 0.717) is 13.0 Å². The number of aliphatic hydroxyl groups is 1. The van der Waals surface area contributed by atoms with E-state index in [9.17, 15) is 19.5 Å². The summed E-state index contributed by atoms with van der Waals surface area (Å²) in [5, 5.41) is 14.8. The first-order valence-corrected chi connectivity index (χ1v) is 17.8. The molecule has 0 aliphatic heterocycles. The number of carbonyl (C=O) groups excluding carboxylic acids is 3. The SMILES string of the molecule is CCCC[C@@H](C=O)NC(=O)OCC1c2ccccc2-c2ccccc21.CCCC[C@@H](CO)NC(=O)OCC1c2ccccc2-c2ccccc21.[B]. The van der Waals surface area contributed by atoms with Crippen LogP contribution in [0.2, 0.25) is 0 Å². The highest BCUT2D eigenvalue weighted by Gasteiger charge is 2.30. The van der Waals surface area contributed by atoms with Gasteiger partial charge in [0.2, 0.25) is 0 Å². The number of rotatable bonds is 14. The van der Waals surface area contributed by atoms with Gasteiger partial charge in [-0.25, -0.2) is 9.59 Å². The van der Waals surface area contributed by atoms with Gasteiger partial charge in [0.1, 0.15) is 19.5 Å². The van der Waals surface area contributed by atoms with Gasteiger partial charge >= 0.3 is 12.2 Å². The number of benzene rings is 4. The van der Waals surface area contributed by atoms with Crippen molar-refractivity contribution >= 4 is 26.9 Å². The molecule has 0 saturated carbocycles. The van der Waals surface area contributed by atoms with E-state index in [1.54, 1.807) is 0 Å². The van der Waals surface area contributed by atoms with Crippen molar-refractivity contribution in [3.8, 4) is 22.3 Å². The van der Waals surface area contributed by atoms with Gasteiger partial charge in [-0.3, -0.25) is 0 Å². The van der Waals surface area contributed by atoms with Crippen molar-refractivity contribution in [2.75, 3.05) is 19.8 Å². The van der Waals surface area contributed by atoms with E-state index in [1.807, 2.05) is 48.5 Å². The number of fused-ring (bicyclic) bond motifs is 6. The predicted molar refractivity (Wildman–Crippen MR) is 202 cm³/mol. The molecule has 4 aromatic rings. The fraction of sp³-hybridized carbons (Fsp3) is 0.357. The monoisotopic (exact) mass is 687 g/mol. The van der Waals surface area contributed by atoms with Gasteiger partial charge in [-0.15, -0.1) is 0 Å². The summed E-state index contributed by atoms with van der Waals surface area (Å²) in [5.41, 5.74) is 9.56. The molecule has 0 fully saturated rings. The van der Waals surface area contributed by atoms with Crippen molar-refractivity contribution in [1.82, 2.24) is 10.6 Å². The number of unbranched alkanes of at least 4 members (excludes halogenated alkanes) is 2. The Labute approximate surface area is 303 Å². The summed E-state index contributed by atoms with van der Waals surface area (Å²) < 4.78 is 10.9. The van der Waals surface area contributed by atoms with E-state index >= 15 is 0 Å². The van der Waals surface area contributed by atoms with Gasteiger partial charge in [0.05, 0.1) is 18.7 Å². The third kappa shape index (κ3) is 9.67. The molecule has 0 saturated heterocycles. The Morgan fingerprint density at radius 2 is 1.02 bits per heavy atom. The summed E-state index contributed by atoms with van der Waals surface area (Å²) in [5.74, 6) is 0.0878. The van der Waals surface area contributed by atoms with E-state index in [2.05, 4.69) is 73.0 Å². The highest BCUT2D eigenvalue weighted by atomic mass is 16.6. The lowest BCUT2D eigenvalue weighted by molar-refractivity contribution is -0.109. The molecule has 2 aliphatic carbocycles. The first-order valence-electron chi connectivity index (χ1n) is 17.8. The minimum atomic E-state index is -0.532. The molecule has 2 amide bonds. The molecule has 0 spiro atoms. The maximum absolute atomic E-state index is 12.1. The predicted octanol–water partition coefficient (Wildman–Crippen LogP) is 7.98. The zero-order valence-corrected chi connectivity index (χ0v) is 29.6. The molecule has 51 heavy (non-hydrogen) atoms. The van der Waals surface area contributed by atoms with Gasteiger partial charge in [0, 0.05) is 20.2 Å². The van der Waals surface area contributed by atoms with Crippen LogP contribution in [0.1, 0.15) is 86.5 Å². The number of aldehydes is 1. The summed E-state index contributed by atoms with van der Waals surface area (Å²) in [6, 6.07) is 32.2. The fourth-order valence-electron chi connectivity index (χ4n) is 6.86. The van der Waals surface area contributed by atoms with E-state index in [1.165, 1.54) is 44.5 Å². The molecule has 9 heteroatoms. The van der Waals surface area contributed by atoms with Crippen LogP contribution >= 0.6 is 0 Å². The quantitative estimate of drug-likeness (QED) is 0.0916. The maximum Gasteiger partial charge on any atom is 0.407 e. The first-order chi connectivity index (χ1) is 24.5. The van der Waals surface area contributed by atoms with Crippen molar-refractivity contribution in [3.63, 3.8) is 0 Å². The van der Waals surface area contributed by atoms with Gasteiger partial charge in [0.25, 0.3) is 0 Å². The van der Waals surface area contributed by atoms with Crippen LogP contribution in [-0.4, -0.2) is 63.9 Å². The Balaban J connectivity index is 0.000000224. The van der Waals surface area contributed by atoms with Crippen LogP contribution in [0.4, 0.5) is 9.59 Å². The number of alkyl carbamates (subject to hydrolysis) is 2. The average molecular weight is 688 g/mol. The molecule has 8 nitrogen and oxygen atoms in total. The second kappa shape index (κ2) is 19.5. The van der Waals surface area contributed by atoms with Crippen LogP contribution in [0.25, 0.3) is 22.3 Å². The summed E-state index contributed by atoms with van der Waals surface area (Å²) in [6.45, 7) is 4.63. The first kappa shape index (κ1) is 38.9. The molecule has 4 aromatic carbocycles. The number of nitrogens with one attached hydrogen (secondary N) is 2. The molecule has 2 aliphatic rings. The Morgan fingerprint density at radius 3 is 1.39 bits per heavy atom. The normalized spacial score (nSPS) is 13.5. The van der Waals surface area contributed by atoms with E-state index in [4.69, 9.17) is 9.47 Å². The summed E-state index contributed by atoms with van der Waals surface area (Å²) in [7, 11) is 0. The van der Waals surface area contributed by atoms with E-state index < -0.39 is 18.2 Å². The minimum absolute atomic E-state index is 0. The minimum Gasteiger partial charge on any atom is -0.449 e. The fourth-order valence-corrected chi connectivity index (χ4v) is 6.86. The summed E-state index contributed by atoms with van der Waals surface area (Å²) in [4.78, 5) is 35.2. The number of aliphatic hydroxyl groups excluding tert-OH is 1. The summed E-state index contributed by atoms with van der Waals surface area (Å²) >= 11 is 0. The maximum atomic E-state index is 12.1. The molecule has 0 unspecified atom stereocenters. The number of ether oxygens (including phenoxy) is 2. The third-order valence-electron chi connectivity index (χ3n) is 9.47. The Morgan fingerprint density at radius 1 is 0.647 bits per heavy atom. The lowest BCUT2D eigenvalue weighted by Crippen LogP contribution is -2.38. The van der Waals surface area contributed by atoms with Gasteiger partial charge in [0.15, 0.2) is 0 Å². The highest BCUT2D eigenvalue weighted by Crippen LogP contribution is 2.45. The van der Waals surface area contributed by atoms with Crippen LogP contribution in [0.15, 0.2) is 97.1 Å². The van der Waals surface area contributed by atoms with Crippen LogP contribution in [0.5, 0.6) is 0 Å². The second-order valence-corrected chi connectivity index (χ2v) is 12.8. The molecule has 0 bridgehead atoms. The number of hydrogen-bond donors (Lipinski definition) is 3. The zero-order valence-electron chi connectivity index (χ0n) is 29.6. The summed E-state index contributed by atoms with van der Waals surface area (Å²) in [6.07, 6.45) is 5.06.